The molecule has 0 radical (unpaired) electrons. The van der Waals surface area contributed by atoms with Crippen LogP contribution < -0.4 is 0 Å². The van der Waals surface area contributed by atoms with Crippen molar-refractivity contribution in [2.45, 2.75) is 22.8 Å². The minimum absolute atomic E-state index is 0.660. The molecular weight excluding hydrogens is 338 g/mol. The highest BCUT2D eigenvalue weighted by molar-refractivity contribution is 8.03. The molecule has 0 aliphatic rings. The molecule has 0 spiro atoms. The Morgan fingerprint density at radius 1 is 1.12 bits per heavy atom. The molecule has 0 aliphatic carbocycles. The van der Waals surface area contributed by atoms with Gasteiger partial charge in [-0.15, -0.1) is 11.3 Å². The molecule has 0 fully saturated rings. The van der Waals surface area contributed by atoms with Gasteiger partial charge in [-0.25, -0.2) is 0 Å². The second kappa shape index (κ2) is 6.31. The average Bonchev–Trinajstić information content (AvgIpc) is 3.01. The van der Waals surface area contributed by atoms with Crippen molar-refractivity contribution in [1.82, 2.24) is 0 Å². The summed E-state index contributed by atoms with van der Waals surface area (Å²) in [6.45, 7) is 3.41. The molecule has 0 bridgehead atoms. The van der Waals surface area contributed by atoms with Crippen molar-refractivity contribution in [1.29, 1.82) is 5.26 Å². The molecule has 0 amide bonds. The summed E-state index contributed by atoms with van der Waals surface area (Å²) in [6.07, 6.45) is 0. The van der Waals surface area contributed by atoms with Crippen LogP contribution in [0.4, 0.5) is 0 Å². The number of aliphatic carboxylic acids is 1. The van der Waals surface area contributed by atoms with Crippen LogP contribution in [0.3, 0.4) is 0 Å². The molecule has 2 aromatic carbocycles. The van der Waals surface area contributed by atoms with Gasteiger partial charge in [0.05, 0.1) is 15.8 Å². The molecule has 3 rings (SSSR count). The van der Waals surface area contributed by atoms with Gasteiger partial charge >= 0.3 is 5.97 Å². The Hall–Kier alpha value is -2.29. The second-order valence-electron chi connectivity index (χ2n) is 5.85. The van der Waals surface area contributed by atoms with Gasteiger partial charge in [-0.2, -0.15) is 5.26 Å². The highest BCUT2D eigenvalue weighted by Gasteiger charge is 2.29. The van der Waals surface area contributed by atoms with Crippen molar-refractivity contribution in [3.05, 3.63) is 54.1 Å². The molecule has 1 N–H and O–H groups in total. The smallest absolute Gasteiger partial charge is 0.319 e. The van der Waals surface area contributed by atoms with E-state index in [1.807, 2.05) is 48.5 Å². The van der Waals surface area contributed by atoms with Gasteiger partial charge in [-0.05, 0) is 43.0 Å². The minimum Gasteiger partial charge on any atom is -0.480 e. The van der Waals surface area contributed by atoms with E-state index in [2.05, 4.69) is 6.07 Å². The zero-order valence-electron chi connectivity index (χ0n) is 13.2. The lowest BCUT2D eigenvalue weighted by molar-refractivity contribution is -0.138. The lowest BCUT2D eigenvalue weighted by atomic mass is 9.99. The summed E-state index contributed by atoms with van der Waals surface area (Å²) in [5, 5.41) is 20.5. The van der Waals surface area contributed by atoms with E-state index in [1.54, 1.807) is 25.2 Å². The monoisotopic (exact) mass is 353 g/mol. The Morgan fingerprint density at radius 2 is 1.83 bits per heavy atom. The Labute approximate surface area is 148 Å². The highest BCUT2D eigenvalue weighted by Crippen LogP contribution is 2.42. The van der Waals surface area contributed by atoms with E-state index >= 15 is 0 Å². The van der Waals surface area contributed by atoms with Gasteiger partial charge in [0, 0.05) is 10.3 Å². The second-order valence-corrected chi connectivity index (χ2v) is 8.86. The zero-order valence-corrected chi connectivity index (χ0v) is 14.9. The van der Waals surface area contributed by atoms with Gasteiger partial charge in [-0.1, -0.05) is 42.1 Å². The number of carbonyl (C=O) groups is 1. The zero-order chi connectivity index (χ0) is 17.3. The SMILES string of the molecule is CC(C)(Sc1ccc(-c2ccc(C#N)c3ccccc23)s1)C(=O)O. The van der Waals surface area contributed by atoms with Gasteiger partial charge < -0.3 is 5.11 Å². The Bertz CT molecular complexity index is 967. The summed E-state index contributed by atoms with van der Waals surface area (Å²) in [7, 11) is 0. The molecule has 1 aromatic heterocycles. The number of carboxylic acids is 1. The van der Waals surface area contributed by atoms with Crippen LogP contribution in [0.1, 0.15) is 19.4 Å². The van der Waals surface area contributed by atoms with Gasteiger partial charge in [0.1, 0.15) is 4.75 Å². The van der Waals surface area contributed by atoms with Crippen molar-refractivity contribution in [2.75, 3.05) is 0 Å². The summed E-state index contributed by atoms with van der Waals surface area (Å²) in [6, 6.07) is 17.9. The van der Waals surface area contributed by atoms with Crippen molar-refractivity contribution >= 4 is 39.8 Å². The van der Waals surface area contributed by atoms with E-state index in [4.69, 9.17) is 0 Å². The van der Waals surface area contributed by atoms with Crippen LogP contribution in [0.5, 0.6) is 0 Å². The fourth-order valence-electron chi connectivity index (χ4n) is 2.43. The van der Waals surface area contributed by atoms with Crippen LogP contribution in [0, 0.1) is 11.3 Å². The lowest BCUT2D eigenvalue weighted by Gasteiger charge is -2.16. The summed E-state index contributed by atoms with van der Waals surface area (Å²) < 4.78 is 0.0975. The first-order chi connectivity index (χ1) is 11.4. The summed E-state index contributed by atoms with van der Waals surface area (Å²) in [4.78, 5) is 12.4. The van der Waals surface area contributed by atoms with Crippen LogP contribution >= 0.6 is 23.1 Å². The van der Waals surface area contributed by atoms with E-state index in [0.29, 0.717) is 5.56 Å². The van der Waals surface area contributed by atoms with Crippen LogP contribution in [0.15, 0.2) is 52.7 Å². The third-order valence-corrected chi connectivity index (χ3v) is 6.20. The predicted molar refractivity (Wildman–Crippen MR) is 99.5 cm³/mol. The van der Waals surface area contributed by atoms with Crippen molar-refractivity contribution in [3.63, 3.8) is 0 Å². The molecule has 3 aromatic rings. The molecule has 0 aliphatic heterocycles. The highest BCUT2D eigenvalue weighted by atomic mass is 32.2. The van der Waals surface area contributed by atoms with Crippen molar-refractivity contribution in [2.24, 2.45) is 0 Å². The third kappa shape index (κ3) is 3.03. The first-order valence-electron chi connectivity index (χ1n) is 7.37. The number of rotatable bonds is 4. The number of hydrogen-bond acceptors (Lipinski definition) is 4. The normalized spacial score (nSPS) is 11.4. The molecule has 1 heterocycles. The molecule has 0 atom stereocenters. The summed E-state index contributed by atoms with van der Waals surface area (Å²) in [5.41, 5.74) is 1.72. The molecule has 0 saturated heterocycles. The number of benzene rings is 2. The van der Waals surface area contributed by atoms with E-state index in [9.17, 15) is 15.2 Å². The van der Waals surface area contributed by atoms with Crippen LogP contribution in [0.2, 0.25) is 0 Å². The molecule has 24 heavy (non-hydrogen) atoms. The quantitative estimate of drug-likeness (QED) is 0.638. The maximum Gasteiger partial charge on any atom is 0.319 e. The first-order valence-corrected chi connectivity index (χ1v) is 9.00. The largest absolute Gasteiger partial charge is 0.480 e. The van der Waals surface area contributed by atoms with Crippen LogP contribution in [0.25, 0.3) is 21.2 Å². The molecule has 3 nitrogen and oxygen atoms in total. The summed E-state index contributed by atoms with van der Waals surface area (Å²) >= 11 is 2.92. The molecule has 120 valence electrons. The standard InChI is InChI=1S/C19H15NO2S2/c1-19(2,18(21)22)24-17-10-9-16(23-17)15-8-7-12(11-20)13-5-3-4-6-14(13)15/h3-10H,1-2H3,(H,21,22). The van der Waals surface area contributed by atoms with Gasteiger partial charge in [0.15, 0.2) is 0 Å². The first kappa shape index (κ1) is 16.6. The minimum atomic E-state index is -0.866. The van der Waals surface area contributed by atoms with E-state index in [0.717, 1.165) is 25.4 Å². The molecular formula is C19H15NO2S2. The maximum absolute atomic E-state index is 11.3. The number of hydrogen-bond donors (Lipinski definition) is 1. The lowest BCUT2D eigenvalue weighted by Crippen LogP contribution is -2.26. The van der Waals surface area contributed by atoms with Crippen LogP contribution in [-0.4, -0.2) is 15.8 Å². The van der Waals surface area contributed by atoms with E-state index in [1.165, 1.54) is 11.8 Å². The van der Waals surface area contributed by atoms with Crippen molar-refractivity contribution < 1.29 is 9.90 Å². The van der Waals surface area contributed by atoms with Crippen LogP contribution in [-0.2, 0) is 4.79 Å². The average molecular weight is 353 g/mol. The number of carboxylic acid groups (broad SMARTS) is 1. The van der Waals surface area contributed by atoms with E-state index < -0.39 is 10.7 Å². The number of nitrogens with zero attached hydrogens (tertiary/aromatic N) is 1. The number of fused-ring (bicyclic) bond motifs is 1. The van der Waals surface area contributed by atoms with Crippen molar-refractivity contribution in [3.8, 4) is 16.5 Å². The topological polar surface area (TPSA) is 61.1 Å². The number of nitriles is 1. The third-order valence-electron chi connectivity index (χ3n) is 3.76. The maximum atomic E-state index is 11.3. The Kier molecular flexibility index (Phi) is 4.35. The van der Waals surface area contributed by atoms with Gasteiger partial charge in [-0.3, -0.25) is 4.79 Å². The van der Waals surface area contributed by atoms with E-state index in [-0.39, 0.29) is 0 Å². The number of thiophene rings is 1. The fraction of sp³-hybridized carbons (Fsp3) is 0.158. The Balaban J connectivity index is 2.04. The van der Waals surface area contributed by atoms with Gasteiger partial charge in [0.2, 0.25) is 0 Å². The molecule has 0 unspecified atom stereocenters. The molecule has 0 saturated carbocycles. The predicted octanol–water partition coefficient (Wildman–Crippen LogP) is 5.40. The summed E-state index contributed by atoms with van der Waals surface area (Å²) in [5.74, 6) is -0.828. The molecule has 5 heteroatoms. The number of thioether (sulfide) groups is 1. The van der Waals surface area contributed by atoms with Gasteiger partial charge in [0.25, 0.3) is 0 Å². The Morgan fingerprint density at radius 3 is 2.50 bits per heavy atom. The fourth-order valence-corrected chi connectivity index (χ4v) is 4.99.